The average molecular weight is 389 g/mol. The highest BCUT2D eigenvalue weighted by Gasteiger charge is 2.30. The molecule has 156 valence electrons. The molecule has 1 fully saturated rings. The molecule has 0 spiro atoms. The van der Waals surface area contributed by atoms with Crippen LogP contribution in [0.2, 0.25) is 0 Å². The molecule has 1 aliphatic carbocycles. The summed E-state index contributed by atoms with van der Waals surface area (Å²) in [6, 6.07) is 8.07. The van der Waals surface area contributed by atoms with Crippen LogP contribution in [0.15, 0.2) is 24.3 Å². The molecule has 2 amide bonds. The summed E-state index contributed by atoms with van der Waals surface area (Å²) in [5.74, 6) is 1.09. The smallest absolute Gasteiger partial charge is 0.261 e. The van der Waals surface area contributed by atoms with Crippen molar-refractivity contribution in [3.05, 3.63) is 29.8 Å². The first kappa shape index (κ1) is 22.3. The maximum absolute atomic E-state index is 12.8. The Morgan fingerprint density at radius 2 is 1.86 bits per heavy atom. The molecule has 0 radical (unpaired) electrons. The van der Waals surface area contributed by atoms with Gasteiger partial charge in [0.15, 0.2) is 6.10 Å². The third-order valence-corrected chi connectivity index (χ3v) is 5.30. The first-order chi connectivity index (χ1) is 13.3. The zero-order chi connectivity index (χ0) is 20.7. The van der Waals surface area contributed by atoms with Crippen molar-refractivity contribution in [3.63, 3.8) is 0 Å². The largest absolute Gasteiger partial charge is 0.480 e. The molecule has 5 nitrogen and oxygen atoms in total. The Kier molecular flexibility index (Phi) is 8.34. The number of benzene rings is 1. The van der Waals surface area contributed by atoms with Gasteiger partial charge in [-0.1, -0.05) is 45.4 Å². The van der Waals surface area contributed by atoms with E-state index in [2.05, 4.69) is 24.5 Å². The molecule has 1 aliphatic rings. The Morgan fingerprint density at radius 1 is 1.14 bits per heavy atom. The van der Waals surface area contributed by atoms with Gasteiger partial charge in [-0.25, -0.2) is 0 Å². The van der Waals surface area contributed by atoms with Gasteiger partial charge in [0.1, 0.15) is 5.75 Å². The van der Waals surface area contributed by atoms with Gasteiger partial charge in [0, 0.05) is 18.0 Å². The fraction of sp³-hybridized carbons (Fsp3) is 0.652. The molecule has 0 aromatic heterocycles. The van der Waals surface area contributed by atoms with Crippen molar-refractivity contribution in [3.8, 4) is 5.75 Å². The molecule has 3 atom stereocenters. The lowest BCUT2D eigenvalue weighted by Crippen LogP contribution is -2.47. The van der Waals surface area contributed by atoms with E-state index in [9.17, 15) is 9.59 Å². The Balaban J connectivity index is 1.97. The normalized spacial score (nSPS) is 20.7. The first-order valence-electron chi connectivity index (χ1n) is 10.7. The van der Waals surface area contributed by atoms with Crippen LogP contribution in [0.3, 0.4) is 0 Å². The van der Waals surface area contributed by atoms with Crippen LogP contribution >= 0.6 is 0 Å². The molecule has 0 aliphatic heterocycles. The minimum Gasteiger partial charge on any atom is -0.480 e. The quantitative estimate of drug-likeness (QED) is 0.702. The highest BCUT2D eigenvalue weighted by atomic mass is 16.5. The van der Waals surface area contributed by atoms with Crippen molar-refractivity contribution in [1.29, 1.82) is 0 Å². The zero-order valence-corrected chi connectivity index (χ0v) is 18.0. The standard InChI is InChI=1S/C23H36N2O3/c1-6-20(28-21-13-8-7-12-19(21)15(2)3)23(27)25-18-11-9-10-17(14-18)22(26)24-16(4)5/h7-8,12-13,15-18,20H,6,9-11,14H2,1-5H3,(H,24,26)(H,25,27). The molecule has 2 N–H and O–H groups in total. The fourth-order valence-corrected chi connectivity index (χ4v) is 3.80. The molecule has 3 unspecified atom stereocenters. The lowest BCUT2D eigenvalue weighted by Gasteiger charge is -2.30. The predicted molar refractivity (Wildman–Crippen MR) is 112 cm³/mol. The van der Waals surface area contributed by atoms with Gasteiger partial charge in [-0.3, -0.25) is 9.59 Å². The maximum atomic E-state index is 12.8. The van der Waals surface area contributed by atoms with Crippen LogP contribution in [-0.2, 0) is 9.59 Å². The maximum Gasteiger partial charge on any atom is 0.261 e. The predicted octanol–water partition coefficient (Wildman–Crippen LogP) is 4.17. The van der Waals surface area contributed by atoms with Crippen LogP contribution in [0, 0.1) is 5.92 Å². The highest BCUT2D eigenvalue weighted by molar-refractivity contribution is 5.82. The van der Waals surface area contributed by atoms with E-state index in [0.29, 0.717) is 18.8 Å². The lowest BCUT2D eigenvalue weighted by atomic mass is 9.85. The summed E-state index contributed by atoms with van der Waals surface area (Å²) >= 11 is 0. The Morgan fingerprint density at radius 3 is 2.50 bits per heavy atom. The summed E-state index contributed by atoms with van der Waals surface area (Å²) in [5, 5.41) is 6.13. The van der Waals surface area contributed by atoms with E-state index in [1.54, 1.807) is 0 Å². The summed E-state index contributed by atoms with van der Waals surface area (Å²) in [6.45, 7) is 10.1. The van der Waals surface area contributed by atoms with E-state index in [4.69, 9.17) is 4.74 Å². The van der Waals surface area contributed by atoms with Crippen LogP contribution in [0.5, 0.6) is 5.75 Å². The van der Waals surface area contributed by atoms with Gasteiger partial charge in [-0.2, -0.15) is 0 Å². The van der Waals surface area contributed by atoms with Crippen molar-refractivity contribution in [1.82, 2.24) is 10.6 Å². The van der Waals surface area contributed by atoms with Crippen molar-refractivity contribution in [2.45, 2.75) is 90.8 Å². The summed E-state index contributed by atoms with van der Waals surface area (Å²) in [5.41, 5.74) is 1.11. The number of rotatable bonds is 8. The Bertz CT molecular complexity index is 657. The van der Waals surface area contributed by atoms with Crippen LogP contribution in [0.25, 0.3) is 0 Å². The second kappa shape index (κ2) is 10.5. The Hall–Kier alpha value is -2.04. The van der Waals surface area contributed by atoms with Crippen LogP contribution < -0.4 is 15.4 Å². The molecule has 1 aromatic rings. The lowest BCUT2D eigenvalue weighted by molar-refractivity contribution is -0.131. The molecule has 1 saturated carbocycles. The monoisotopic (exact) mass is 388 g/mol. The van der Waals surface area contributed by atoms with Gasteiger partial charge >= 0.3 is 0 Å². The van der Waals surface area contributed by atoms with Crippen molar-refractivity contribution in [2.24, 2.45) is 5.92 Å². The summed E-state index contributed by atoms with van der Waals surface area (Å²) in [4.78, 5) is 25.2. The topological polar surface area (TPSA) is 67.4 Å². The number of nitrogens with one attached hydrogen (secondary N) is 2. The second-order valence-corrected chi connectivity index (χ2v) is 8.44. The molecule has 0 bridgehead atoms. The Labute approximate surface area is 169 Å². The molecule has 0 saturated heterocycles. The summed E-state index contributed by atoms with van der Waals surface area (Å²) < 4.78 is 6.10. The van der Waals surface area contributed by atoms with E-state index in [1.165, 1.54) is 0 Å². The third-order valence-electron chi connectivity index (χ3n) is 5.30. The van der Waals surface area contributed by atoms with E-state index in [-0.39, 0.29) is 29.8 Å². The van der Waals surface area contributed by atoms with Gasteiger partial charge in [-0.05, 0) is 57.1 Å². The summed E-state index contributed by atoms with van der Waals surface area (Å²) in [6.07, 6.45) is 3.53. The van der Waals surface area contributed by atoms with Crippen molar-refractivity contribution in [2.75, 3.05) is 0 Å². The number of ether oxygens (including phenoxy) is 1. The minimum absolute atomic E-state index is 0.0240. The SMILES string of the molecule is CCC(Oc1ccccc1C(C)C)C(=O)NC1CCCC(C(=O)NC(C)C)C1. The van der Waals surface area contributed by atoms with E-state index >= 15 is 0 Å². The number of amides is 2. The number of carbonyl (C=O) groups is 2. The van der Waals surface area contributed by atoms with E-state index < -0.39 is 6.10 Å². The van der Waals surface area contributed by atoms with Crippen molar-refractivity contribution < 1.29 is 14.3 Å². The number of hydrogen-bond acceptors (Lipinski definition) is 3. The fourth-order valence-electron chi connectivity index (χ4n) is 3.80. The first-order valence-corrected chi connectivity index (χ1v) is 10.7. The van der Waals surface area contributed by atoms with Gasteiger partial charge in [-0.15, -0.1) is 0 Å². The summed E-state index contributed by atoms with van der Waals surface area (Å²) in [7, 11) is 0. The molecule has 2 rings (SSSR count). The van der Waals surface area contributed by atoms with E-state index in [1.807, 2.05) is 45.0 Å². The average Bonchev–Trinajstić information content (AvgIpc) is 2.65. The van der Waals surface area contributed by atoms with Gasteiger partial charge in [0.25, 0.3) is 5.91 Å². The molecule has 5 heteroatoms. The molecule has 28 heavy (non-hydrogen) atoms. The molecular weight excluding hydrogens is 352 g/mol. The van der Waals surface area contributed by atoms with Crippen LogP contribution in [0.1, 0.15) is 78.2 Å². The zero-order valence-electron chi connectivity index (χ0n) is 18.0. The molecule has 0 heterocycles. The molecular formula is C23H36N2O3. The second-order valence-electron chi connectivity index (χ2n) is 8.44. The van der Waals surface area contributed by atoms with E-state index in [0.717, 1.165) is 30.6 Å². The third kappa shape index (κ3) is 6.25. The highest BCUT2D eigenvalue weighted by Crippen LogP contribution is 2.28. The van der Waals surface area contributed by atoms with Gasteiger partial charge < -0.3 is 15.4 Å². The van der Waals surface area contributed by atoms with Gasteiger partial charge in [0.2, 0.25) is 5.91 Å². The molecule has 1 aromatic carbocycles. The number of carbonyl (C=O) groups excluding carboxylic acids is 2. The number of para-hydroxylation sites is 1. The minimum atomic E-state index is -0.523. The van der Waals surface area contributed by atoms with Crippen LogP contribution in [-0.4, -0.2) is 30.0 Å². The van der Waals surface area contributed by atoms with Gasteiger partial charge in [0.05, 0.1) is 0 Å². The van der Waals surface area contributed by atoms with Crippen molar-refractivity contribution >= 4 is 11.8 Å². The number of hydrogen-bond donors (Lipinski definition) is 2. The van der Waals surface area contributed by atoms with Crippen LogP contribution in [0.4, 0.5) is 0 Å².